The van der Waals surface area contributed by atoms with Crippen LogP contribution < -0.4 is 15.8 Å². The molecule has 1 aliphatic rings. The van der Waals surface area contributed by atoms with Crippen molar-refractivity contribution in [1.82, 2.24) is 10.2 Å². The van der Waals surface area contributed by atoms with Crippen molar-refractivity contribution in [3.8, 4) is 5.75 Å². The first kappa shape index (κ1) is 14.2. The van der Waals surface area contributed by atoms with Crippen LogP contribution in [-0.4, -0.2) is 43.0 Å². The summed E-state index contributed by atoms with van der Waals surface area (Å²) in [5, 5.41) is 2.86. The van der Waals surface area contributed by atoms with Gasteiger partial charge >= 0.3 is 0 Å². The van der Waals surface area contributed by atoms with Gasteiger partial charge in [-0.2, -0.15) is 0 Å². The number of rotatable bonds is 4. The van der Waals surface area contributed by atoms with Crippen LogP contribution in [0.1, 0.15) is 12.8 Å². The van der Waals surface area contributed by atoms with Crippen molar-refractivity contribution >= 4 is 17.5 Å². The highest BCUT2D eigenvalue weighted by molar-refractivity contribution is 5.79. The summed E-state index contributed by atoms with van der Waals surface area (Å²) in [7, 11) is 1.74. The van der Waals surface area contributed by atoms with E-state index in [0.29, 0.717) is 30.8 Å². The number of ether oxygens (including phenoxy) is 1. The molecule has 1 aliphatic heterocycles. The summed E-state index contributed by atoms with van der Waals surface area (Å²) in [5.41, 5.74) is 6.23. The third-order valence-corrected chi connectivity index (χ3v) is 3.27. The van der Waals surface area contributed by atoms with E-state index >= 15 is 0 Å². The molecule has 1 aromatic rings. The summed E-state index contributed by atoms with van der Waals surface area (Å²) >= 11 is 0. The van der Waals surface area contributed by atoms with Gasteiger partial charge in [0, 0.05) is 26.1 Å². The summed E-state index contributed by atoms with van der Waals surface area (Å²) in [6, 6.07) is 7.02. The summed E-state index contributed by atoms with van der Waals surface area (Å²) < 4.78 is 5.37. The normalized spacial score (nSPS) is 18.8. The Hall–Kier alpha value is -2.24. The molecular formula is C14H19N3O3. The number of anilines is 1. The third kappa shape index (κ3) is 3.63. The van der Waals surface area contributed by atoms with Crippen molar-refractivity contribution in [3.63, 3.8) is 0 Å². The Balaban J connectivity index is 1.79. The molecule has 0 aromatic heterocycles. The van der Waals surface area contributed by atoms with Gasteiger partial charge in [-0.3, -0.25) is 9.59 Å². The summed E-state index contributed by atoms with van der Waals surface area (Å²) in [5.74, 6) is 0.406. The highest BCUT2D eigenvalue weighted by Crippen LogP contribution is 2.19. The van der Waals surface area contributed by atoms with E-state index in [1.54, 1.807) is 36.2 Å². The van der Waals surface area contributed by atoms with Crippen LogP contribution >= 0.6 is 0 Å². The van der Waals surface area contributed by atoms with Crippen molar-refractivity contribution in [2.75, 3.05) is 25.9 Å². The summed E-state index contributed by atoms with van der Waals surface area (Å²) in [6.07, 6.45) is 1.14. The number of likely N-dealkylation sites (N-methyl/N-ethyl adjacent to an activating group) is 1. The number of amides is 2. The number of hydrogen-bond acceptors (Lipinski definition) is 4. The molecular weight excluding hydrogens is 258 g/mol. The molecule has 1 aromatic carbocycles. The number of nitrogens with one attached hydrogen (secondary N) is 1. The molecule has 3 N–H and O–H groups in total. The molecule has 2 rings (SSSR count). The van der Waals surface area contributed by atoms with Crippen LogP contribution in [-0.2, 0) is 9.59 Å². The first-order chi connectivity index (χ1) is 9.56. The van der Waals surface area contributed by atoms with Gasteiger partial charge in [0.1, 0.15) is 5.75 Å². The van der Waals surface area contributed by atoms with Crippen LogP contribution in [0.3, 0.4) is 0 Å². The largest absolute Gasteiger partial charge is 0.482 e. The topological polar surface area (TPSA) is 84.7 Å². The van der Waals surface area contributed by atoms with Gasteiger partial charge in [-0.05, 0) is 18.6 Å². The lowest BCUT2D eigenvalue weighted by molar-refractivity contribution is -0.134. The zero-order valence-electron chi connectivity index (χ0n) is 11.5. The number of hydrogen-bond donors (Lipinski definition) is 2. The van der Waals surface area contributed by atoms with E-state index in [1.165, 1.54) is 0 Å². The number of nitrogens with two attached hydrogens (primary N) is 1. The highest BCUT2D eigenvalue weighted by Gasteiger charge is 2.24. The van der Waals surface area contributed by atoms with Gasteiger partial charge < -0.3 is 20.7 Å². The number of likely N-dealkylation sites (tertiary alicyclic amines) is 1. The second kappa shape index (κ2) is 6.27. The van der Waals surface area contributed by atoms with E-state index in [2.05, 4.69) is 5.32 Å². The number of nitrogen functional groups attached to an aromatic ring is 1. The second-order valence-electron chi connectivity index (χ2n) is 4.90. The van der Waals surface area contributed by atoms with Gasteiger partial charge in [0.05, 0.1) is 5.69 Å². The molecule has 0 spiro atoms. The Bertz CT molecular complexity index is 504. The van der Waals surface area contributed by atoms with Crippen LogP contribution in [0.5, 0.6) is 5.75 Å². The van der Waals surface area contributed by atoms with Gasteiger partial charge in [0.25, 0.3) is 5.91 Å². The third-order valence-electron chi connectivity index (χ3n) is 3.27. The van der Waals surface area contributed by atoms with Gasteiger partial charge in [-0.15, -0.1) is 0 Å². The molecule has 0 radical (unpaired) electrons. The van der Waals surface area contributed by atoms with Crippen LogP contribution in [0.15, 0.2) is 24.3 Å². The average Bonchev–Trinajstić information content (AvgIpc) is 2.42. The molecule has 0 saturated carbocycles. The second-order valence-corrected chi connectivity index (χ2v) is 4.90. The smallest absolute Gasteiger partial charge is 0.258 e. The Labute approximate surface area is 117 Å². The van der Waals surface area contributed by atoms with Crippen LogP contribution in [0.2, 0.25) is 0 Å². The molecule has 1 fully saturated rings. The van der Waals surface area contributed by atoms with Crippen LogP contribution in [0.25, 0.3) is 0 Å². The van der Waals surface area contributed by atoms with Gasteiger partial charge in [-0.25, -0.2) is 0 Å². The fraction of sp³-hybridized carbons (Fsp3) is 0.429. The average molecular weight is 277 g/mol. The van der Waals surface area contributed by atoms with E-state index in [1.807, 2.05) is 0 Å². The number of para-hydroxylation sites is 2. The molecule has 1 heterocycles. The summed E-state index contributed by atoms with van der Waals surface area (Å²) in [6.45, 7) is 0.459. The molecule has 20 heavy (non-hydrogen) atoms. The molecule has 2 amide bonds. The van der Waals surface area contributed by atoms with Crippen LogP contribution in [0, 0.1) is 0 Å². The van der Waals surface area contributed by atoms with Crippen molar-refractivity contribution in [1.29, 1.82) is 0 Å². The summed E-state index contributed by atoms with van der Waals surface area (Å²) in [4.78, 5) is 24.8. The minimum atomic E-state index is -0.207. The lowest BCUT2D eigenvalue weighted by atomic mass is 10.1. The lowest BCUT2D eigenvalue weighted by Crippen LogP contribution is -2.49. The highest BCUT2D eigenvalue weighted by atomic mass is 16.5. The van der Waals surface area contributed by atoms with Crippen LogP contribution in [0.4, 0.5) is 5.69 Å². The van der Waals surface area contributed by atoms with Gasteiger partial charge in [0.2, 0.25) is 5.91 Å². The Kier molecular flexibility index (Phi) is 4.45. The van der Waals surface area contributed by atoms with Gasteiger partial charge in [-0.1, -0.05) is 12.1 Å². The Morgan fingerprint density at radius 3 is 2.95 bits per heavy atom. The monoisotopic (exact) mass is 277 g/mol. The van der Waals surface area contributed by atoms with E-state index in [9.17, 15) is 9.59 Å². The molecule has 1 unspecified atom stereocenters. The first-order valence-corrected chi connectivity index (χ1v) is 6.57. The van der Waals surface area contributed by atoms with Crippen molar-refractivity contribution < 1.29 is 14.3 Å². The quantitative estimate of drug-likeness (QED) is 0.779. The number of benzene rings is 1. The Morgan fingerprint density at radius 1 is 1.50 bits per heavy atom. The first-order valence-electron chi connectivity index (χ1n) is 6.57. The van der Waals surface area contributed by atoms with Crippen molar-refractivity contribution in [2.45, 2.75) is 18.9 Å². The maximum Gasteiger partial charge on any atom is 0.258 e. The van der Waals surface area contributed by atoms with Crippen molar-refractivity contribution in [2.24, 2.45) is 0 Å². The van der Waals surface area contributed by atoms with Gasteiger partial charge in [0.15, 0.2) is 6.61 Å². The SMILES string of the molecule is CN1CC(NC(=O)COc2ccccc2N)CCC1=O. The minimum Gasteiger partial charge on any atom is -0.482 e. The molecule has 108 valence electrons. The number of nitrogens with zero attached hydrogens (tertiary/aromatic N) is 1. The number of carbonyl (C=O) groups excluding carboxylic acids is 2. The molecule has 1 atom stereocenters. The molecule has 0 aliphatic carbocycles. The van der Waals surface area contributed by atoms with E-state index in [4.69, 9.17) is 10.5 Å². The minimum absolute atomic E-state index is 0.0121. The molecule has 6 nitrogen and oxygen atoms in total. The van der Waals surface area contributed by atoms with E-state index < -0.39 is 0 Å². The van der Waals surface area contributed by atoms with Crippen molar-refractivity contribution in [3.05, 3.63) is 24.3 Å². The zero-order chi connectivity index (χ0) is 14.5. The number of carbonyl (C=O) groups is 2. The maximum absolute atomic E-state index is 11.8. The fourth-order valence-electron chi connectivity index (χ4n) is 2.15. The molecule has 0 bridgehead atoms. The fourth-order valence-corrected chi connectivity index (χ4v) is 2.15. The predicted molar refractivity (Wildman–Crippen MR) is 75.2 cm³/mol. The van der Waals surface area contributed by atoms with E-state index in [-0.39, 0.29) is 24.5 Å². The Morgan fingerprint density at radius 2 is 2.25 bits per heavy atom. The predicted octanol–water partition coefficient (Wildman–Crippen LogP) is 0.385. The zero-order valence-corrected chi connectivity index (χ0v) is 11.5. The lowest BCUT2D eigenvalue weighted by Gasteiger charge is -2.30. The number of piperidine rings is 1. The maximum atomic E-state index is 11.8. The standard InChI is InChI=1S/C14H19N3O3/c1-17-8-10(6-7-14(17)19)16-13(18)9-20-12-5-3-2-4-11(12)15/h2-5,10H,6-9,15H2,1H3,(H,16,18). The molecule has 1 saturated heterocycles. The molecule has 6 heteroatoms. The van der Waals surface area contributed by atoms with E-state index in [0.717, 1.165) is 0 Å².